The van der Waals surface area contributed by atoms with Crippen LogP contribution in [0.2, 0.25) is 0 Å². The standard InChI is InChI=1S/C34H40N6O5/c1-4-44-34(43)21-29(39-33(42)22-37-32(41)11-8-14-35-31-17-24(2)12-15-36-31)26-18-27(30-13-16-38-40(30)3)20-28(19-26)45-23-25-9-6-5-7-10-25/h5-7,9-10,12-13,15-20,29H,4,8,11,14,21-23H2,1-3H3,(H,35,36)(H,37,41)(H,39,42). The molecule has 0 radical (unpaired) electrons. The Bertz CT molecular complexity index is 1570. The fourth-order valence-electron chi connectivity index (χ4n) is 4.70. The number of hydrogen-bond donors (Lipinski definition) is 3. The van der Waals surface area contributed by atoms with E-state index >= 15 is 0 Å². The van der Waals surface area contributed by atoms with Gasteiger partial charge in [-0.3, -0.25) is 19.1 Å². The summed E-state index contributed by atoms with van der Waals surface area (Å²) >= 11 is 0. The van der Waals surface area contributed by atoms with Crippen LogP contribution in [0.3, 0.4) is 0 Å². The highest BCUT2D eigenvalue weighted by Gasteiger charge is 2.22. The predicted molar refractivity (Wildman–Crippen MR) is 171 cm³/mol. The third kappa shape index (κ3) is 10.5. The van der Waals surface area contributed by atoms with Gasteiger partial charge in [0.2, 0.25) is 11.8 Å². The quantitative estimate of drug-likeness (QED) is 0.124. The lowest BCUT2D eigenvalue weighted by Gasteiger charge is -2.21. The lowest BCUT2D eigenvalue weighted by Crippen LogP contribution is -2.39. The van der Waals surface area contributed by atoms with Crippen LogP contribution in [0.15, 0.2) is 79.1 Å². The Balaban J connectivity index is 1.43. The van der Waals surface area contributed by atoms with E-state index in [1.807, 2.05) is 80.7 Å². The molecular formula is C34H40N6O5. The highest BCUT2D eigenvalue weighted by Crippen LogP contribution is 2.30. The summed E-state index contributed by atoms with van der Waals surface area (Å²) < 4.78 is 13.1. The van der Waals surface area contributed by atoms with Gasteiger partial charge in [0.25, 0.3) is 0 Å². The van der Waals surface area contributed by atoms with Crippen molar-refractivity contribution in [2.45, 2.75) is 45.8 Å². The maximum Gasteiger partial charge on any atom is 0.308 e. The molecular weight excluding hydrogens is 572 g/mol. The molecule has 2 heterocycles. The van der Waals surface area contributed by atoms with E-state index in [1.165, 1.54) is 0 Å². The van der Waals surface area contributed by atoms with E-state index in [-0.39, 0.29) is 31.9 Å². The van der Waals surface area contributed by atoms with Gasteiger partial charge in [-0.25, -0.2) is 4.98 Å². The maximum atomic E-state index is 13.0. The first-order chi connectivity index (χ1) is 21.8. The zero-order valence-electron chi connectivity index (χ0n) is 25.9. The van der Waals surface area contributed by atoms with Gasteiger partial charge in [-0.15, -0.1) is 0 Å². The lowest BCUT2D eigenvalue weighted by atomic mass is 9.99. The van der Waals surface area contributed by atoms with Crippen molar-refractivity contribution >= 4 is 23.6 Å². The Morgan fingerprint density at radius 1 is 0.978 bits per heavy atom. The van der Waals surface area contributed by atoms with Crippen molar-refractivity contribution in [2.75, 3.05) is 25.0 Å². The number of amides is 2. The molecule has 0 aliphatic carbocycles. The number of esters is 1. The van der Waals surface area contributed by atoms with E-state index in [9.17, 15) is 14.4 Å². The van der Waals surface area contributed by atoms with Crippen LogP contribution in [0, 0.1) is 6.92 Å². The Hall–Kier alpha value is -5.19. The van der Waals surface area contributed by atoms with Crippen molar-refractivity contribution < 1.29 is 23.9 Å². The molecule has 2 aromatic heterocycles. The number of pyridine rings is 1. The molecule has 2 amide bonds. The molecule has 0 spiro atoms. The lowest BCUT2D eigenvalue weighted by molar-refractivity contribution is -0.144. The third-order valence-electron chi connectivity index (χ3n) is 6.96. The van der Waals surface area contributed by atoms with E-state index < -0.39 is 17.9 Å². The number of hydrogen-bond acceptors (Lipinski definition) is 8. The van der Waals surface area contributed by atoms with Crippen molar-refractivity contribution in [1.82, 2.24) is 25.4 Å². The van der Waals surface area contributed by atoms with E-state index in [4.69, 9.17) is 9.47 Å². The van der Waals surface area contributed by atoms with Gasteiger partial charge in [0, 0.05) is 38.0 Å². The minimum atomic E-state index is -0.730. The first-order valence-electron chi connectivity index (χ1n) is 15.0. The van der Waals surface area contributed by atoms with Crippen molar-refractivity contribution in [1.29, 1.82) is 0 Å². The molecule has 45 heavy (non-hydrogen) atoms. The fraction of sp³-hybridized carbons (Fsp3) is 0.324. The number of aryl methyl sites for hydroxylation is 2. The molecule has 236 valence electrons. The molecule has 11 heteroatoms. The predicted octanol–water partition coefficient (Wildman–Crippen LogP) is 4.49. The molecule has 3 N–H and O–H groups in total. The molecule has 0 saturated heterocycles. The molecule has 0 saturated carbocycles. The van der Waals surface area contributed by atoms with Gasteiger partial charge in [0.05, 0.1) is 31.3 Å². The second kappa shape index (κ2) is 16.6. The number of rotatable bonds is 16. The highest BCUT2D eigenvalue weighted by molar-refractivity contribution is 5.85. The van der Waals surface area contributed by atoms with Crippen LogP contribution in [-0.2, 0) is 32.8 Å². The second-order valence-corrected chi connectivity index (χ2v) is 10.6. The molecule has 1 unspecified atom stereocenters. The largest absolute Gasteiger partial charge is 0.489 e. The topological polar surface area (TPSA) is 136 Å². The van der Waals surface area contributed by atoms with Crippen LogP contribution in [0.25, 0.3) is 11.3 Å². The summed E-state index contributed by atoms with van der Waals surface area (Å²) in [6.45, 7) is 4.60. The fourth-order valence-corrected chi connectivity index (χ4v) is 4.70. The summed E-state index contributed by atoms with van der Waals surface area (Å²) in [5.74, 6) is 0.181. The average molecular weight is 613 g/mol. The van der Waals surface area contributed by atoms with Gasteiger partial charge in [0.15, 0.2) is 0 Å². The maximum absolute atomic E-state index is 13.0. The minimum Gasteiger partial charge on any atom is -0.489 e. The molecule has 0 fully saturated rings. The van der Waals surface area contributed by atoms with Gasteiger partial charge in [-0.2, -0.15) is 5.10 Å². The molecule has 0 aliphatic heterocycles. The zero-order chi connectivity index (χ0) is 32.0. The molecule has 4 rings (SSSR count). The smallest absolute Gasteiger partial charge is 0.308 e. The number of ether oxygens (including phenoxy) is 2. The Morgan fingerprint density at radius 3 is 2.53 bits per heavy atom. The Kier molecular flexibility index (Phi) is 12.1. The zero-order valence-corrected chi connectivity index (χ0v) is 25.9. The summed E-state index contributed by atoms with van der Waals surface area (Å²) in [6, 6.07) is 20.4. The van der Waals surface area contributed by atoms with Crippen LogP contribution >= 0.6 is 0 Å². The number of carbonyl (C=O) groups is 3. The molecule has 0 bridgehead atoms. The van der Waals surface area contributed by atoms with Crippen LogP contribution in [0.5, 0.6) is 5.75 Å². The van der Waals surface area contributed by atoms with Crippen LogP contribution in [0.1, 0.15) is 48.9 Å². The van der Waals surface area contributed by atoms with Crippen molar-refractivity contribution in [3.63, 3.8) is 0 Å². The number of carbonyl (C=O) groups excluding carboxylic acids is 3. The van der Waals surface area contributed by atoms with E-state index in [0.29, 0.717) is 30.9 Å². The third-order valence-corrected chi connectivity index (χ3v) is 6.96. The van der Waals surface area contributed by atoms with Crippen molar-refractivity contribution in [3.8, 4) is 17.0 Å². The number of nitrogens with zero attached hydrogens (tertiary/aromatic N) is 3. The number of benzene rings is 2. The summed E-state index contributed by atoms with van der Waals surface area (Å²) in [5, 5.41) is 13.0. The van der Waals surface area contributed by atoms with Gasteiger partial charge in [0.1, 0.15) is 18.2 Å². The normalized spacial score (nSPS) is 11.4. The van der Waals surface area contributed by atoms with Crippen LogP contribution in [0.4, 0.5) is 5.82 Å². The number of nitrogens with one attached hydrogen (secondary N) is 3. The summed E-state index contributed by atoms with van der Waals surface area (Å²) in [4.78, 5) is 42.3. The number of anilines is 1. The van der Waals surface area contributed by atoms with Gasteiger partial charge < -0.3 is 25.4 Å². The first-order valence-corrected chi connectivity index (χ1v) is 15.0. The Morgan fingerprint density at radius 2 is 1.80 bits per heavy atom. The highest BCUT2D eigenvalue weighted by atomic mass is 16.5. The van der Waals surface area contributed by atoms with Crippen molar-refractivity contribution in [2.24, 2.45) is 7.05 Å². The second-order valence-electron chi connectivity index (χ2n) is 10.6. The van der Waals surface area contributed by atoms with E-state index in [2.05, 4.69) is 26.0 Å². The first kappa shape index (κ1) is 32.7. The minimum absolute atomic E-state index is 0.0981. The molecule has 2 aromatic carbocycles. The average Bonchev–Trinajstić information content (AvgIpc) is 3.47. The molecule has 1 atom stereocenters. The monoisotopic (exact) mass is 612 g/mol. The van der Waals surface area contributed by atoms with Crippen LogP contribution < -0.4 is 20.7 Å². The number of aromatic nitrogens is 3. The van der Waals surface area contributed by atoms with E-state index in [1.54, 1.807) is 24.0 Å². The van der Waals surface area contributed by atoms with Gasteiger partial charge in [-0.05, 0) is 73.4 Å². The molecule has 4 aromatic rings. The molecule has 11 nitrogen and oxygen atoms in total. The molecule has 0 aliphatic rings. The van der Waals surface area contributed by atoms with E-state index in [0.717, 1.165) is 28.2 Å². The van der Waals surface area contributed by atoms with Crippen LogP contribution in [-0.4, -0.2) is 52.2 Å². The summed E-state index contributed by atoms with van der Waals surface area (Å²) in [6.07, 6.45) is 4.14. The van der Waals surface area contributed by atoms with Gasteiger partial charge in [-0.1, -0.05) is 30.3 Å². The SMILES string of the molecule is CCOC(=O)CC(NC(=O)CNC(=O)CCCNc1cc(C)ccn1)c1cc(OCc2ccccc2)cc(-c2ccnn2C)c1. The summed E-state index contributed by atoms with van der Waals surface area (Å²) in [7, 11) is 1.84. The summed E-state index contributed by atoms with van der Waals surface area (Å²) in [5.41, 5.74) is 4.39. The van der Waals surface area contributed by atoms with Gasteiger partial charge >= 0.3 is 5.97 Å². The van der Waals surface area contributed by atoms with Crippen molar-refractivity contribution in [3.05, 3.63) is 95.8 Å². The Labute approximate surface area is 263 Å².